The Balaban J connectivity index is 2.04. The van der Waals surface area contributed by atoms with Crippen molar-refractivity contribution in [1.82, 2.24) is 15.4 Å². The molecule has 0 fully saturated rings. The number of nitrogens with zero attached hydrogens (tertiary/aromatic N) is 3. The lowest BCUT2D eigenvalue weighted by molar-refractivity contribution is -0.828. The van der Waals surface area contributed by atoms with E-state index in [9.17, 15) is 9.90 Å². The lowest BCUT2D eigenvalue weighted by Crippen LogP contribution is -3.06. The van der Waals surface area contributed by atoms with E-state index < -0.39 is 5.91 Å². The van der Waals surface area contributed by atoms with E-state index in [1.165, 1.54) is 29.7 Å². The van der Waals surface area contributed by atoms with Crippen LogP contribution in [-0.4, -0.2) is 35.2 Å². The molecule has 1 amide bonds. The fraction of sp³-hybridized carbons (Fsp3) is 0.250. The van der Waals surface area contributed by atoms with Crippen molar-refractivity contribution in [3.8, 4) is 5.75 Å². The highest BCUT2D eigenvalue weighted by atomic mass is 16.3. The summed E-state index contributed by atoms with van der Waals surface area (Å²) in [5.41, 5.74) is 3.85. The maximum Gasteiger partial charge on any atom is 0.291 e. The van der Waals surface area contributed by atoms with Gasteiger partial charge in [-0.15, -0.1) is 0 Å². The first kappa shape index (κ1) is 16.6. The highest BCUT2D eigenvalue weighted by Crippen LogP contribution is 2.15. The fourth-order valence-corrected chi connectivity index (χ4v) is 2.15. The highest BCUT2D eigenvalue weighted by Gasteiger charge is 2.07. The smallest absolute Gasteiger partial charge is 0.291 e. The summed E-state index contributed by atoms with van der Waals surface area (Å²) in [5, 5.41) is 15.9. The van der Waals surface area contributed by atoms with Crippen LogP contribution in [0.4, 0.5) is 5.69 Å². The minimum Gasteiger partial charge on any atom is -0.872 e. The molecule has 0 spiro atoms. The number of hydrogen-bond acceptors (Lipinski definition) is 5. The van der Waals surface area contributed by atoms with Crippen molar-refractivity contribution in [2.45, 2.75) is 13.8 Å². The average molecular weight is 313 g/mol. The van der Waals surface area contributed by atoms with Crippen LogP contribution in [0.25, 0.3) is 0 Å². The zero-order chi connectivity index (χ0) is 16.7. The first-order valence-electron chi connectivity index (χ1n) is 7.41. The molecule has 0 aliphatic rings. The van der Waals surface area contributed by atoms with E-state index in [0.717, 1.165) is 18.8 Å². The number of rotatable bonds is 6. The van der Waals surface area contributed by atoms with E-state index >= 15 is 0 Å². The molecule has 2 rings (SSSR count). The van der Waals surface area contributed by atoms with Gasteiger partial charge in [0, 0.05) is 12.4 Å². The number of carbonyl (C=O) groups is 1. The summed E-state index contributed by atoms with van der Waals surface area (Å²) >= 11 is 0. The summed E-state index contributed by atoms with van der Waals surface area (Å²) in [6.07, 6.45) is 5.56. The van der Waals surface area contributed by atoms with E-state index in [2.05, 4.69) is 34.3 Å². The van der Waals surface area contributed by atoms with Crippen molar-refractivity contribution >= 4 is 17.8 Å². The molecule has 0 atom stereocenters. The molecule has 120 valence electrons. The molecule has 0 radical (unpaired) electrons. The Labute approximate surface area is 134 Å². The molecule has 23 heavy (non-hydrogen) atoms. The minimum absolute atomic E-state index is 0.126. The molecule has 1 aromatic heterocycles. The first-order chi connectivity index (χ1) is 11.2. The van der Waals surface area contributed by atoms with Gasteiger partial charge in [0.25, 0.3) is 5.91 Å². The molecule has 2 N–H and O–H groups in total. The van der Waals surface area contributed by atoms with Gasteiger partial charge in [0.05, 0.1) is 25.5 Å². The maximum atomic E-state index is 12.1. The zero-order valence-electron chi connectivity index (χ0n) is 13.1. The number of amides is 1. The number of nitrogens with one attached hydrogen (secondary N) is 2. The Morgan fingerprint density at radius 3 is 2.74 bits per heavy atom. The molecular weight excluding hydrogens is 294 g/mol. The summed E-state index contributed by atoms with van der Waals surface area (Å²) in [4.78, 5) is 20.6. The van der Waals surface area contributed by atoms with Crippen LogP contribution in [0.1, 0.15) is 29.9 Å². The molecule has 0 bridgehead atoms. The van der Waals surface area contributed by atoms with Gasteiger partial charge in [-0.1, -0.05) is 5.75 Å². The van der Waals surface area contributed by atoms with Crippen LogP contribution in [0, 0.1) is 0 Å². The van der Waals surface area contributed by atoms with Crippen LogP contribution in [0.5, 0.6) is 5.75 Å². The predicted octanol–water partition coefficient (Wildman–Crippen LogP) is -0.130. The van der Waals surface area contributed by atoms with Crippen LogP contribution < -0.4 is 15.4 Å². The third kappa shape index (κ3) is 4.33. The predicted molar refractivity (Wildman–Crippen MR) is 84.7 cm³/mol. The second-order valence-electron chi connectivity index (χ2n) is 4.85. The molecule has 1 aromatic carbocycles. The normalized spacial score (nSPS) is 11.1. The Morgan fingerprint density at radius 1 is 1.35 bits per heavy atom. The van der Waals surface area contributed by atoms with Crippen LogP contribution >= 0.6 is 0 Å². The van der Waals surface area contributed by atoms with Crippen molar-refractivity contribution in [3.63, 3.8) is 0 Å². The van der Waals surface area contributed by atoms with Crippen molar-refractivity contribution in [3.05, 3.63) is 48.0 Å². The van der Waals surface area contributed by atoms with Crippen LogP contribution in [0.2, 0.25) is 0 Å². The molecule has 7 nitrogen and oxygen atoms in total. The van der Waals surface area contributed by atoms with Gasteiger partial charge in [0.15, 0.2) is 0 Å². The van der Waals surface area contributed by atoms with Gasteiger partial charge in [-0.3, -0.25) is 9.78 Å². The minimum atomic E-state index is -0.481. The third-order valence-electron chi connectivity index (χ3n) is 3.44. The lowest BCUT2D eigenvalue weighted by Gasteiger charge is -2.18. The van der Waals surface area contributed by atoms with E-state index in [1.807, 2.05) is 6.07 Å². The fourth-order valence-electron chi connectivity index (χ4n) is 2.15. The molecule has 0 saturated heterocycles. The molecule has 1 heterocycles. The summed E-state index contributed by atoms with van der Waals surface area (Å²) in [6.45, 7) is 5.97. The van der Waals surface area contributed by atoms with Crippen molar-refractivity contribution in [1.29, 1.82) is 0 Å². The van der Waals surface area contributed by atoms with Gasteiger partial charge in [-0.25, -0.2) is 10.4 Å². The summed E-state index contributed by atoms with van der Waals surface area (Å²) < 4.78 is 0. The van der Waals surface area contributed by atoms with Gasteiger partial charge in [0.1, 0.15) is 11.4 Å². The molecule has 0 saturated carbocycles. The van der Waals surface area contributed by atoms with E-state index in [1.54, 1.807) is 12.1 Å². The summed E-state index contributed by atoms with van der Waals surface area (Å²) in [5.74, 6) is -0.606. The second-order valence-corrected chi connectivity index (χ2v) is 4.85. The molecular formula is C16H19N5O2. The van der Waals surface area contributed by atoms with Crippen LogP contribution in [0.3, 0.4) is 0 Å². The van der Waals surface area contributed by atoms with Crippen LogP contribution in [-0.2, 0) is 0 Å². The topological polar surface area (TPSA) is 94.7 Å². The van der Waals surface area contributed by atoms with Gasteiger partial charge < -0.3 is 10.0 Å². The summed E-state index contributed by atoms with van der Waals surface area (Å²) in [6, 6.07) is 5.21. The number of quaternary nitrogens is 1. The third-order valence-corrected chi connectivity index (χ3v) is 3.44. The monoisotopic (exact) mass is 313 g/mol. The van der Waals surface area contributed by atoms with E-state index in [-0.39, 0.29) is 11.4 Å². The summed E-state index contributed by atoms with van der Waals surface area (Å²) in [7, 11) is 0. The first-order valence-corrected chi connectivity index (χ1v) is 7.41. The molecule has 0 aliphatic carbocycles. The average Bonchev–Trinajstić information content (AvgIpc) is 2.58. The lowest BCUT2D eigenvalue weighted by atomic mass is 10.2. The number of hydrogen-bond donors (Lipinski definition) is 2. The van der Waals surface area contributed by atoms with Gasteiger partial charge in [-0.2, -0.15) is 5.10 Å². The second kappa shape index (κ2) is 8.00. The number of benzene rings is 1. The van der Waals surface area contributed by atoms with Crippen molar-refractivity contribution in [2.24, 2.45) is 5.10 Å². The molecule has 0 aliphatic heterocycles. The van der Waals surface area contributed by atoms with E-state index in [4.69, 9.17) is 0 Å². The Bertz CT molecular complexity index is 684. The van der Waals surface area contributed by atoms with Crippen molar-refractivity contribution in [2.75, 3.05) is 13.1 Å². The van der Waals surface area contributed by atoms with Crippen LogP contribution in [0.15, 0.2) is 41.9 Å². The quantitative estimate of drug-likeness (QED) is 0.574. The molecule has 7 heteroatoms. The maximum absolute atomic E-state index is 12.1. The molecule has 2 aromatic rings. The number of aromatic nitrogens is 2. The van der Waals surface area contributed by atoms with Gasteiger partial charge in [-0.05, 0) is 37.6 Å². The zero-order valence-corrected chi connectivity index (χ0v) is 13.1. The standard InChI is InChI=1S/C16H19N5O2/c1-3-21(4-2)13-6-5-12(15(22)9-13)10-19-20-16(23)14-11-17-7-8-18-14/h5-11,22H,3-4H2,1-2H3,(H,20,23)/b19-10+. The Morgan fingerprint density at radius 2 is 2.13 bits per heavy atom. The number of carbonyl (C=O) groups excluding carboxylic acids is 1. The largest absolute Gasteiger partial charge is 0.872 e. The SMILES string of the molecule is CC[NH+](CC)c1ccc(/C=N/NC(=O)c2cnccn2)c([O-])c1. The van der Waals surface area contributed by atoms with Crippen molar-refractivity contribution < 1.29 is 14.8 Å². The molecule has 0 unspecified atom stereocenters. The highest BCUT2D eigenvalue weighted by molar-refractivity contribution is 5.93. The number of hydrazone groups is 1. The Kier molecular flexibility index (Phi) is 5.76. The van der Waals surface area contributed by atoms with E-state index in [0.29, 0.717) is 5.56 Å². The Hall–Kier alpha value is -2.80. The van der Waals surface area contributed by atoms with Gasteiger partial charge in [0.2, 0.25) is 0 Å². The van der Waals surface area contributed by atoms with Gasteiger partial charge >= 0.3 is 0 Å².